The molecule has 98 valence electrons. The van der Waals surface area contributed by atoms with Gasteiger partial charge in [0, 0.05) is 18.4 Å². The molecular weight excluding hydrogens is 272 g/mol. The summed E-state index contributed by atoms with van der Waals surface area (Å²) in [4.78, 5) is 30.5. The lowest BCUT2D eigenvalue weighted by Crippen LogP contribution is -2.09. The van der Waals surface area contributed by atoms with Crippen LogP contribution in [0.4, 0.5) is 0 Å². The number of carbonyl (C=O) groups is 2. The quantitative estimate of drug-likeness (QED) is 0.475. The van der Waals surface area contributed by atoms with Gasteiger partial charge in [0.1, 0.15) is 22.8 Å². The molecule has 2 rings (SSSR count). The predicted molar refractivity (Wildman–Crippen MR) is 67.2 cm³/mol. The molecule has 19 heavy (non-hydrogen) atoms. The van der Waals surface area contributed by atoms with E-state index in [4.69, 9.17) is 16.3 Å². The highest BCUT2D eigenvalue weighted by Gasteiger charge is 2.17. The standard InChI is InChI=1S/C12H9ClN2O4/c1-6(16)19-10-4-9-7(11(13)15-5-14-9)3-8(10)12(17)18-2/h3-5H,1-2H3. The van der Waals surface area contributed by atoms with Gasteiger partial charge in [-0.05, 0) is 6.07 Å². The molecule has 6 nitrogen and oxygen atoms in total. The number of nitrogens with zero attached hydrogens (tertiary/aromatic N) is 2. The summed E-state index contributed by atoms with van der Waals surface area (Å²) in [5.41, 5.74) is 0.547. The highest BCUT2D eigenvalue weighted by molar-refractivity contribution is 6.34. The Balaban J connectivity index is 2.70. The van der Waals surface area contributed by atoms with E-state index in [0.29, 0.717) is 10.9 Å². The van der Waals surface area contributed by atoms with Crippen molar-refractivity contribution in [2.75, 3.05) is 7.11 Å². The van der Waals surface area contributed by atoms with Crippen molar-refractivity contribution in [3.63, 3.8) is 0 Å². The molecule has 0 N–H and O–H groups in total. The first kappa shape index (κ1) is 13.2. The van der Waals surface area contributed by atoms with Crippen LogP contribution in [-0.2, 0) is 9.53 Å². The van der Waals surface area contributed by atoms with Crippen LogP contribution in [0.3, 0.4) is 0 Å². The van der Waals surface area contributed by atoms with Gasteiger partial charge in [0.25, 0.3) is 0 Å². The Bertz CT molecular complexity index is 672. The molecule has 2 aromatic rings. The average molecular weight is 281 g/mol. The predicted octanol–water partition coefficient (Wildman–Crippen LogP) is 2.00. The third-order valence-electron chi connectivity index (χ3n) is 2.35. The highest BCUT2D eigenvalue weighted by atomic mass is 35.5. The smallest absolute Gasteiger partial charge is 0.341 e. The van der Waals surface area contributed by atoms with Crippen LogP contribution in [0.5, 0.6) is 5.75 Å². The number of rotatable bonds is 2. The molecule has 0 bridgehead atoms. The SMILES string of the molecule is COC(=O)c1cc2c(Cl)ncnc2cc1OC(C)=O. The molecular formula is C12H9ClN2O4. The molecule has 0 aliphatic heterocycles. The fourth-order valence-corrected chi connectivity index (χ4v) is 1.76. The first-order valence-electron chi connectivity index (χ1n) is 5.24. The molecule has 1 heterocycles. The number of aromatic nitrogens is 2. The summed E-state index contributed by atoms with van der Waals surface area (Å²) in [6.45, 7) is 1.23. The molecule has 0 saturated heterocycles. The zero-order chi connectivity index (χ0) is 14.0. The minimum atomic E-state index is -0.641. The van der Waals surface area contributed by atoms with Crippen LogP contribution < -0.4 is 4.74 Å². The number of halogens is 1. The van der Waals surface area contributed by atoms with Gasteiger partial charge in [-0.2, -0.15) is 0 Å². The summed E-state index contributed by atoms with van der Waals surface area (Å²) in [6.07, 6.45) is 1.28. The first-order chi connectivity index (χ1) is 9.02. The van der Waals surface area contributed by atoms with Crippen molar-refractivity contribution in [3.8, 4) is 5.75 Å². The third kappa shape index (κ3) is 2.63. The van der Waals surface area contributed by atoms with E-state index < -0.39 is 11.9 Å². The van der Waals surface area contributed by atoms with Crippen molar-refractivity contribution < 1.29 is 19.1 Å². The summed E-state index contributed by atoms with van der Waals surface area (Å²) in [7, 11) is 1.23. The Morgan fingerprint density at radius 1 is 1.26 bits per heavy atom. The number of hydrogen-bond acceptors (Lipinski definition) is 6. The second kappa shape index (κ2) is 5.19. The van der Waals surface area contributed by atoms with Gasteiger partial charge in [0.2, 0.25) is 0 Å². The zero-order valence-electron chi connectivity index (χ0n) is 10.1. The van der Waals surface area contributed by atoms with Crippen LogP contribution in [0.25, 0.3) is 10.9 Å². The van der Waals surface area contributed by atoms with Gasteiger partial charge in [-0.15, -0.1) is 0 Å². The van der Waals surface area contributed by atoms with E-state index in [1.807, 2.05) is 0 Å². The Hall–Kier alpha value is -2.21. The van der Waals surface area contributed by atoms with Gasteiger partial charge in [-0.1, -0.05) is 11.6 Å². The van der Waals surface area contributed by atoms with Crippen LogP contribution in [0.2, 0.25) is 5.15 Å². The number of hydrogen-bond donors (Lipinski definition) is 0. The molecule has 0 spiro atoms. The number of fused-ring (bicyclic) bond motifs is 1. The van der Waals surface area contributed by atoms with E-state index in [0.717, 1.165) is 0 Å². The van der Waals surface area contributed by atoms with Crippen molar-refractivity contribution in [1.82, 2.24) is 9.97 Å². The summed E-state index contributed by atoms with van der Waals surface area (Å²) in [5, 5.41) is 0.671. The van der Waals surface area contributed by atoms with E-state index in [1.54, 1.807) is 0 Å². The number of methoxy groups -OCH3 is 1. The van der Waals surface area contributed by atoms with E-state index in [2.05, 4.69) is 14.7 Å². The second-order valence-corrected chi connectivity index (χ2v) is 3.97. The summed E-state index contributed by atoms with van der Waals surface area (Å²) in [5.74, 6) is -1.12. The Kier molecular flexibility index (Phi) is 3.62. The van der Waals surface area contributed by atoms with E-state index in [-0.39, 0.29) is 16.5 Å². The molecule has 0 amide bonds. The fourth-order valence-electron chi connectivity index (χ4n) is 1.56. The largest absolute Gasteiger partial charge is 0.465 e. The summed E-state index contributed by atoms with van der Waals surface area (Å²) in [6, 6.07) is 2.87. The average Bonchev–Trinajstić information content (AvgIpc) is 2.37. The normalized spacial score (nSPS) is 10.3. The number of esters is 2. The van der Waals surface area contributed by atoms with Gasteiger partial charge in [-0.3, -0.25) is 4.79 Å². The minimum Gasteiger partial charge on any atom is -0.465 e. The first-order valence-corrected chi connectivity index (χ1v) is 5.61. The van der Waals surface area contributed by atoms with Crippen molar-refractivity contribution in [2.24, 2.45) is 0 Å². The fraction of sp³-hybridized carbons (Fsp3) is 0.167. The van der Waals surface area contributed by atoms with Crippen LogP contribution in [0, 0.1) is 0 Å². The molecule has 7 heteroatoms. The molecule has 1 aromatic carbocycles. The molecule has 0 aliphatic rings. The van der Waals surface area contributed by atoms with Gasteiger partial charge in [0.15, 0.2) is 0 Å². The van der Waals surface area contributed by atoms with Gasteiger partial charge < -0.3 is 9.47 Å². The molecule has 0 fully saturated rings. The van der Waals surface area contributed by atoms with Crippen LogP contribution >= 0.6 is 11.6 Å². The van der Waals surface area contributed by atoms with E-state index >= 15 is 0 Å². The lowest BCUT2D eigenvalue weighted by atomic mass is 10.1. The van der Waals surface area contributed by atoms with Crippen LogP contribution in [0.15, 0.2) is 18.5 Å². The molecule has 0 saturated carbocycles. The van der Waals surface area contributed by atoms with E-state index in [1.165, 1.54) is 32.5 Å². The van der Waals surface area contributed by atoms with Crippen LogP contribution in [0.1, 0.15) is 17.3 Å². The third-order valence-corrected chi connectivity index (χ3v) is 2.65. The Labute approximate surface area is 113 Å². The number of benzene rings is 1. The Morgan fingerprint density at radius 3 is 2.63 bits per heavy atom. The molecule has 1 aromatic heterocycles. The van der Waals surface area contributed by atoms with Gasteiger partial charge in [0.05, 0.1) is 12.6 Å². The van der Waals surface area contributed by atoms with E-state index in [9.17, 15) is 9.59 Å². The zero-order valence-corrected chi connectivity index (χ0v) is 10.9. The van der Waals surface area contributed by atoms with Gasteiger partial charge in [-0.25, -0.2) is 14.8 Å². The molecule has 0 radical (unpaired) electrons. The number of carbonyl (C=O) groups excluding carboxylic acids is 2. The lowest BCUT2D eigenvalue weighted by molar-refractivity contribution is -0.131. The maximum atomic E-state index is 11.7. The van der Waals surface area contributed by atoms with Gasteiger partial charge >= 0.3 is 11.9 Å². The van der Waals surface area contributed by atoms with Crippen molar-refractivity contribution in [1.29, 1.82) is 0 Å². The molecule has 0 atom stereocenters. The van der Waals surface area contributed by atoms with Crippen molar-refractivity contribution in [3.05, 3.63) is 29.2 Å². The number of ether oxygens (including phenoxy) is 2. The van der Waals surface area contributed by atoms with Crippen molar-refractivity contribution >= 4 is 34.4 Å². The monoisotopic (exact) mass is 280 g/mol. The topological polar surface area (TPSA) is 78.4 Å². The summed E-state index contributed by atoms with van der Waals surface area (Å²) < 4.78 is 9.61. The van der Waals surface area contributed by atoms with Crippen LogP contribution in [-0.4, -0.2) is 29.0 Å². The summed E-state index contributed by atoms with van der Waals surface area (Å²) >= 11 is 5.92. The van der Waals surface area contributed by atoms with Crippen molar-refractivity contribution in [2.45, 2.75) is 6.92 Å². The molecule has 0 aliphatic carbocycles. The second-order valence-electron chi connectivity index (χ2n) is 3.62. The molecule has 0 unspecified atom stereocenters. The lowest BCUT2D eigenvalue weighted by Gasteiger charge is -2.09. The highest BCUT2D eigenvalue weighted by Crippen LogP contribution is 2.28. The maximum absolute atomic E-state index is 11.7. The maximum Gasteiger partial charge on any atom is 0.341 e. The Morgan fingerprint density at radius 2 is 2.00 bits per heavy atom. The minimum absolute atomic E-state index is 0.0709.